The zero-order valence-corrected chi connectivity index (χ0v) is 18.4. The second-order valence-corrected chi connectivity index (χ2v) is 7.54. The molecule has 0 N–H and O–H groups in total. The van der Waals surface area contributed by atoms with Crippen LogP contribution in [-0.2, 0) is 22.5 Å². The molecule has 1 aromatic heterocycles. The van der Waals surface area contributed by atoms with E-state index in [1.807, 2.05) is 37.2 Å². The van der Waals surface area contributed by atoms with E-state index in [1.165, 1.54) is 12.1 Å². The minimum Gasteiger partial charge on any atom is -0.497 e. The molecule has 0 bridgehead atoms. The number of anilines is 1. The summed E-state index contributed by atoms with van der Waals surface area (Å²) < 4.78 is 23.7. The van der Waals surface area contributed by atoms with Crippen LogP contribution < -0.4 is 9.64 Å². The Kier molecular flexibility index (Phi) is 7.41. The van der Waals surface area contributed by atoms with Crippen molar-refractivity contribution in [1.29, 1.82) is 0 Å². The maximum absolute atomic E-state index is 13.2. The van der Waals surface area contributed by atoms with E-state index in [2.05, 4.69) is 6.07 Å². The summed E-state index contributed by atoms with van der Waals surface area (Å²) in [6.45, 7) is 1.26. The topological polar surface area (TPSA) is 54.9 Å². The fraction of sp³-hybridized carbons (Fsp3) is 0.333. The zero-order chi connectivity index (χ0) is 22.4. The molecule has 2 aromatic carbocycles. The highest BCUT2D eigenvalue weighted by molar-refractivity contribution is 5.84. The number of fused-ring (bicyclic) bond motifs is 1. The highest BCUT2D eigenvalue weighted by Crippen LogP contribution is 2.26. The fourth-order valence-electron chi connectivity index (χ4n) is 3.40. The molecule has 3 aromatic rings. The fourth-order valence-corrected chi connectivity index (χ4v) is 3.40. The number of benzene rings is 2. The SMILES string of the molecule is COCCN(Cc1cc2ccc(OC)cc2nc1N(C)C)C(=O)Cc1ccc(F)cc1. The van der Waals surface area contributed by atoms with E-state index in [0.29, 0.717) is 19.7 Å². The van der Waals surface area contributed by atoms with E-state index < -0.39 is 0 Å². The summed E-state index contributed by atoms with van der Waals surface area (Å²) in [5, 5.41) is 0.971. The van der Waals surface area contributed by atoms with Crippen LogP contribution in [-0.4, -0.2) is 57.3 Å². The molecule has 6 nitrogen and oxygen atoms in total. The van der Waals surface area contributed by atoms with Crippen LogP contribution in [0.15, 0.2) is 48.5 Å². The van der Waals surface area contributed by atoms with Gasteiger partial charge in [0.05, 0.1) is 25.7 Å². The molecule has 0 radical (unpaired) electrons. The number of pyridine rings is 1. The van der Waals surface area contributed by atoms with Crippen LogP contribution in [0.1, 0.15) is 11.1 Å². The number of methoxy groups -OCH3 is 2. The highest BCUT2D eigenvalue weighted by atomic mass is 19.1. The third-order valence-electron chi connectivity index (χ3n) is 5.05. The van der Waals surface area contributed by atoms with Crippen molar-refractivity contribution >= 4 is 22.6 Å². The normalized spacial score (nSPS) is 10.9. The van der Waals surface area contributed by atoms with E-state index in [1.54, 1.807) is 31.3 Å². The third kappa shape index (κ3) is 5.70. The van der Waals surface area contributed by atoms with Gasteiger partial charge in [-0.15, -0.1) is 0 Å². The second-order valence-electron chi connectivity index (χ2n) is 7.54. The lowest BCUT2D eigenvalue weighted by Gasteiger charge is -2.25. The van der Waals surface area contributed by atoms with Gasteiger partial charge in [0.25, 0.3) is 0 Å². The molecule has 0 aliphatic carbocycles. The standard InChI is InChI=1S/C24H28FN3O3/c1-27(2)24-19(14-18-7-10-21(31-4)15-22(18)26-24)16-28(11-12-30-3)23(29)13-17-5-8-20(25)9-6-17/h5-10,14-15H,11-13,16H2,1-4H3. The minimum absolute atomic E-state index is 0.0526. The van der Waals surface area contributed by atoms with Gasteiger partial charge in [-0.2, -0.15) is 0 Å². The number of rotatable bonds is 9. The van der Waals surface area contributed by atoms with Crippen LogP contribution >= 0.6 is 0 Å². The van der Waals surface area contributed by atoms with Gasteiger partial charge in [0.15, 0.2) is 0 Å². The molecule has 0 aliphatic rings. The Labute approximate surface area is 182 Å². The predicted molar refractivity (Wildman–Crippen MR) is 120 cm³/mol. The van der Waals surface area contributed by atoms with Gasteiger partial charge in [-0.3, -0.25) is 4.79 Å². The van der Waals surface area contributed by atoms with Crippen LogP contribution in [0, 0.1) is 5.82 Å². The van der Waals surface area contributed by atoms with E-state index in [4.69, 9.17) is 14.5 Å². The average Bonchev–Trinajstić information content (AvgIpc) is 2.77. The number of amides is 1. The monoisotopic (exact) mass is 425 g/mol. The Morgan fingerprint density at radius 3 is 2.45 bits per heavy atom. The molecule has 3 rings (SSSR count). The first-order valence-electron chi connectivity index (χ1n) is 10.1. The molecule has 0 fully saturated rings. The van der Waals surface area contributed by atoms with E-state index in [-0.39, 0.29) is 18.1 Å². The molecule has 0 atom stereocenters. The Morgan fingerprint density at radius 2 is 1.81 bits per heavy atom. The number of hydrogen-bond acceptors (Lipinski definition) is 5. The summed E-state index contributed by atoms with van der Waals surface area (Å²) in [6.07, 6.45) is 0.194. The number of ether oxygens (including phenoxy) is 2. The molecule has 7 heteroatoms. The highest BCUT2D eigenvalue weighted by Gasteiger charge is 2.18. The molecule has 0 aliphatic heterocycles. The molecule has 0 saturated carbocycles. The van der Waals surface area contributed by atoms with E-state index in [9.17, 15) is 9.18 Å². The van der Waals surface area contributed by atoms with Gasteiger partial charge in [-0.05, 0) is 35.9 Å². The van der Waals surface area contributed by atoms with Crippen LogP contribution in [0.5, 0.6) is 5.75 Å². The summed E-state index contributed by atoms with van der Waals surface area (Å²) in [5.41, 5.74) is 2.53. The van der Waals surface area contributed by atoms with Crippen molar-refractivity contribution in [1.82, 2.24) is 9.88 Å². The molecule has 0 saturated heterocycles. The van der Waals surface area contributed by atoms with Crippen molar-refractivity contribution in [3.05, 3.63) is 65.5 Å². The van der Waals surface area contributed by atoms with Gasteiger partial charge < -0.3 is 19.3 Å². The van der Waals surface area contributed by atoms with Crippen molar-refractivity contribution < 1.29 is 18.7 Å². The molecule has 1 amide bonds. The molecule has 0 spiro atoms. The maximum atomic E-state index is 13.2. The molecule has 164 valence electrons. The molecular weight excluding hydrogens is 397 g/mol. The summed E-state index contributed by atoms with van der Waals surface area (Å²) >= 11 is 0. The summed E-state index contributed by atoms with van der Waals surface area (Å²) in [4.78, 5) is 21.6. The van der Waals surface area contributed by atoms with Crippen molar-refractivity contribution in [3.63, 3.8) is 0 Å². The van der Waals surface area contributed by atoms with Crippen LogP contribution in [0.25, 0.3) is 10.9 Å². The van der Waals surface area contributed by atoms with Gasteiger partial charge in [0.1, 0.15) is 17.4 Å². The Balaban J connectivity index is 1.90. The van der Waals surface area contributed by atoms with Crippen molar-refractivity contribution in [2.24, 2.45) is 0 Å². The number of hydrogen-bond donors (Lipinski definition) is 0. The van der Waals surface area contributed by atoms with Gasteiger partial charge in [-0.25, -0.2) is 9.37 Å². The molecule has 31 heavy (non-hydrogen) atoms. The summed E-state index contributed by atoms with van der Waals surface area (Å²) in [7, 11) is 7.09. The zero-order valence-electron chi connectivity index (χ0n) is 18.4. The van der Waals surface area contributed by atoms with Gasteiger partial charge in [-0.1, -0.05) is 12.1 Å². The van der Waals surface area contributed by atoms with Crippen LogP contribution in [0.2, 0.25) is 0 Å². The van der Waals surface area contributed by atoms with Gasteiger partial charge >= 0.3 is 0 Å². The van der Waals surface area contributed by atoms with Crippen molar-refractivity contribution in [2.45, 2.75) is 13.0 Å². The van der Waals surface area contributed by atoms with Gasteiger partial charge in [0, 0.05) is 51.3 Å². The maximum Gasteiger partial charge on any atom is 0.227 e. The smallest absolute Gasteiger partial charge is 0.227 e. The lowest BCUT2D eigenvalue weighted by Crippen LogP contribution is -2.35. The Bertz CT molecular complexity index is 1040. The summed E-state index contributed by atoms with van der Waals surface area (Å²) in [6, 6.07) is 13.8. The lowest BCUT2D eigenvalue weighted by molar-refractivity contribution is -0.131. The lowest BCUT2D eigenvalue weighted by atomic mass is 10.1. The van der Waals surface area contributed by atoms with E-state index in [0.717, 1.165) is 33.6 Å². The van der Waals surface area contributed by atoms with Crippen molar-refractivity contribution in [2.75, 3.05) is 46.4 Å². The van der Waals surface area contributed by atoms with Gasteiger partial charge in [0.2, 0.25) is 5.91 Å². The minimum atomic E-state index is -0.318. The number of aromatic nitrogens is 1. The first-order valence-corrected chi connectivity index (χ1v) is 10.1. The predicted octanol–water partition coefficient (Wildman–Crippen LogP) is 3.67. The Hall–Kier alpha value is -3.19. The first kappa shape index (κ1) is 22.5. The second kappa shape index (κ2) is 10.2. The van der Waals surface area contributed by atoms with Crippen LogP contribution in [0.3, 0.4) is 0 Å². The summed E-state index contributed by atoms with van der Waals surface area (Å²) in [5.74, 6) is 1.16. The molecular formula is C24H28FN3O3. The molecule has 0 unspecified atom stereocenters. The van der Waals surface area contributed by atoms with E-state index >= 15 is 0 Å². The largest absolute Gasteiger partial charge is 0.497 e. The molecule has 1 heterocycles. The number of nitrogens with zero attached hydrogens (tertiary/aromatic N) is 3. The quantitative estimate of drug-likeness (QED) is 0.524. The third-order valence-corrected chi connectivity index (χ3v) is 5.05. The number of halogens is 1. The number of carbonyl (C=O) groups excluding carboxylic acids is 1. The number of carbonyl (C=O) groups is 1. The van der Waals surface area contributed by atoms with Crippen LogP contribution in [0.4, 0.5) is 10.2 Å². The average molecular weight is 426 g/mol. The Morgan fingerprint density at radius 1 is 1.06 bits per heavy atom. The van der Waals surface area contributed by atoms with Crippen molar-refractivity contribution in [3.8, 4) is 5.75 Å². The first-order chi connectivity index (χ1) is 14.9.